The Morgan fingerprint density at radius 1 is 1.29 bits per heavy atom. The number of methoxy groups -OCH3 is 1. The summed E-state index contributed by atoms with van der Waals surface area (Å²) < 4.78 is 5.32. The van der Waals surface area contributed by atoms with Crippen molar-refractivity contribution in [2.24, 2.45) is 5.92 Å². The first kappa shape index (κ1) is 12.0. The molecule has 0 radical (unpaired) electrons. The van der Waals surface area contributed by atoms with Crippen LogP contribution in [0.4, 0.5) is 0 Å². The van der Waals surface area contributed by atoms with Crippen LogP contribution in [0.5, 0.6) is 0 Å². The molecule has 1 saturated carbocycles. The molecule has 0 aromatic carbocycles. The Labute approximate surface area is 87.7 Å². The monoisotopic (exact) mass is 200 g/mol. The first-order valence-electron chi connectivity index (χ1n) is 5.98. The van der Waals surface area contributed by atoms with Crippen LogP contribution in [0, 0.1) is 5.92 Å². The summed E-state index contributed by atoms with van der Waals surface area (Å²) in [5.74, 6) is 0.535. The molecule has 1 aliphatic carbocycles. The van der Waals surface area contributed by atoms with Crippen molar-refractivity contribution in [3.63, 3.8) is 0 Å². The number of aliphatic hydroxyl groups excluding tert-OH is 1. The summed E-state index contributed by atoms with van der Waals surface area (Å²) in [5.41, 5.74) is 0. The molecule has 0 aromatic heterocycles. The Hall–Kier alpha value is -0.0800. The molecule has 0 aromatic rings. The van der Waals surface area contributed by atoms with Crippen LogP contribution in [0.15, 0.2) is 0 Å². The summed E-state index contributed by atoms with van der Waals surface area (Å²) >= 11 is 0. The maximum absolute atomic E-state index is 9.92. The summed E-state index contributed by atoms with van der Waals surface area (Å²) in [4.78, 5) is 0. The summed E-state index contributed by atoms with van der Waals surface area (Å²) in [7, 11) is 1.79. The van der Waals surface area contributed by atoms with Crippen molar-refractivity contribution in [2.45, 2.75) is 64.1 Å². The zero-order chi connectivity index (χ0) is 10.4. The summed E-state index contributed by atoms with van der Waals surface area (Å²) in [6.45, 7) is 2.18. The molecule has 2 nitrogen and oxygen atoms in total. The van der Waals surface area contributed by atoms with E-state index in [0.717, 1.165) is 38.5 Å². The minimum atomic E-state index is -0.0623. The van der Waals surface area contributed by atoms with Gasteiger partial charge < -0.3 is 9.84 Å². The predicted molar refractivity (Wildman–Crippen MR) is 58.3 cm³/mol. The van der Waals surface area contributed by atoms with Crippen LogP contribution in [0.25, 0.3) is 0 Å². The maximum atomic E-state index is 9.92. The highest BCUT2D eigenvalue weighted by molar-refractivity contribution is 4.77. The average Bonchev–Trinajstić information content (AvgIpc) is 2.26. The van der Waals surface area contributed by atoms with Gasteiger partial charge in [-0.1, -0.05) is 19.8 Å². The lowest BCUT2D eigenvalue weighted by molar-refractivity contribution is 0.0159. The Morgan fingerprint density at radius 2 is 1.93 bits per heavy atom. The Kier molecular flexibility index (Phi) is 5.49. The van der Waals surface area contributed by atoms with E-state index in [2.05, 4.69) is 6.92 Å². The summed E-state index contributed by atoms with van der Waals surface area (Å²) in [6, 6.07) is 0. The van der Waals surface area contributed by atoms with Crippen LogP contribution in [0.1, 0.15) is 51.9 Å². The van der Waals surface area contributed by atoms with Crippen LogP contribution >= 0.6 is 0 Å². The van der Waals surface area contributed by atoms with E-state index < -0.39 is 0 Å². The standard InChI is InChI=1S/C12H24O2/c1-3-4-5-12(13)10-6-8-11(14-2)9-7-10/h10-13H,3-9H2,1-2H3. The van der Waals surface area contributed by atoms with Gasteiger partial charge >= 0.3 is 0 Å². The van der Waals surface area contributed by atoms with E-state index in [1.54, 1.807) is 7.11 Å². The molecule has 0 aliphatic heterocycles. The largest absolute Gasteiger partial charge is 0.393 e. The van der Waals surface area contributed by atoms with Gasteiger partial charge in [-0.05, 0) is 38.0 Å². The Balaban J connectivity index is 2.19. The van der Waals surface area contributed by atoms with Gasteiger partial charge in [0.15, 0.2) is 0 Å². The molecule has 0 bridgehead atoms. The van der Waals surface area contributed by atoms with Gasteiger partial charge in [0.25, 0.3) is 0 Å². The molecule has 84 valence electrons. The molecule has 1 rings (SSSR count). The molecule has 1 fully saturated rings. The third-order valence-corrected chi connectivity index (χ3v) is 3.45. The van der Waals surface area contributed by atoms with Crippen molar-refractivity contribution in [1.82, 2.24) is 0 Å². The Bertz CT molecular complexity index is 139. The van der Waals surface area contributed by atoms with Crippen molar-refractivity contribution >= 4 is 0 Å². The van der Waals surface area contributed by atoms with E-state index in [4.69, 9.17) is 4.74 Å². The van der Waals surface area contributed by atoms with Crippen LogP contribution in [-0.2, 0) is 4.74 Å². The fraction of sp³-hybridized carbons (Fsp3) is 1.00. The topological polar surface area (TPSA) is 29.5 Å². The summed E-state index contributed by atoms with van der Waals surface area (Å²) in [5, 5.41) is 9.92. The molecule has 14 heavy (non-hydrogen) atoms. The maximum Gasteiger partial charge on any atom is 0.0571 e. The fourth-order valence-corrected chi connectivity index (χ4v) is 2.36. The van der Waals surface area contributed by atoms with E-state index in [0.29, 0.717) is 12.0 Å². The molecule has 0 heterocycles. The number of rotatable bonds is 5. The smallest absolute Gasteiger partial charge is 0.0571 e. The normalized spacial score (nSPS) is 30.2. The van der Waals surface area contributed by atoms with Crippen LogP contribution < -0.4 is 0 Å². The molecular weight excluding hydrogens is 176 g/mol. The van der Waals surface area contributed by atoms with Gasteiger partial charge in [-0.15, -0.1) is 0 Å². The van der Waals surface area contributed by atoms with Gasteiger partial charge in [0.1, 0.15) is 0 Å². The lowest BCUT2D eigenvalue weighted by Crippen LogP contribution is -2.28. The number of ether oxygens (including phenoxy) is 1. The zero-order valence-corrected chi connectivity index (χ0v) is 9.54. The van der Waals surface area contributed by atoms with Crippen molar-refractivity contribution in [2.75, 3.05) is 7.11 Å². The van der Waals surface area contributed by atoms with Gasteiger partial charge in [0, 0.05) is 7.11 Å². The quantitative estimate of drug-likeness (QED) is 0.739. The first-order valence-corrected chi connectivity index (χ1v) is 5.98. The Morgan fingerprint density at radius 3 is 2.43 bits per heavy atom. The average molecular weight is 200 g/mol. The van der Waals surface area contributed by atoms with Crippen LogP contribution in [0.2, 0.25) is 0 Å². The molecule has 1 N–H and O–H groups in total. The van der Waals surface area contributed by atoms with Crippen molar-refractivity contribution in [1.29, 1.82) is 0 Å². The molecule has 0 spiro atoms. The number of hydrogen-bond acceptors (Lipinski definition) is 2. The van der Waals surface area contributed by atoms with E-state index in [-0.39, 0.29) is 6.10 Å². The van der Waals surface area contributed by atoms with Crippen molar-refractivity contribution < 1.29 is 9.84 Å². The molecule has 1 atom stereocenters. The predicted octanol–water partition coefficient (Wildman–Crippen LogP) is 2.74. The lowest BCUT2D eigenvalue weighted by Gasteiger charge is -2.30. The SMILES string of the molecule is CCCCC(O)C1CCC(OC)CC1. The molecule has 2 heteroatoms. The molecular formula is C12H24O2. The lowest BCUT2D eigenvalue weighted by atomic mass is 9.82. The fourth-order valence-electron chi connectivity index (χ4n) is 2.36. The second kappa shape index (κ2) is 6.41. The zero-order valence-electron chi connectivity index (χ0n) is 9.54. The van der Waals surface area contributed by atoms with E-state index >= 15 is 0 Å². The van der Waals surface area contributed by atoms with Gasteiger partial charge in [-0.3, -0.25) is 0 Å². The first-order chi connectivity index (χ1) is 6.77. The van der Waals surface area contributed by atoms with Crippen molar-refractivity contribution in [3.05, 3.63) is 0 Å². The molecule has 0 saturated heterocycles. The second-order valence-electron chi connectivity index (χ2n) is 4.48. The van der Waals surface area contributed by atoms with Gasteiger partial charge in [0.05, 0.1) is 12.2 Å². The van der Waals surface area contributed by atoms with Crippen molar-refractivity contribution in [3.8, 4) is 0 Å². The third-order valence-electron chi connectivity index (χ3n) is 3.45. The second-order valence-corrected chi connectivity index (χ2v) is 4.48. The highest BCUT2D eigenvalue weighted by Crippen LogP contribution is 2.29. The van der Waals surface area contributed by atoms with E-state index in [1.807, 2.05) is 0 Å². The van der Waals surface area contributed by atoms with Crippen LogP contribution in [0.3, 0.4) is 0 Å². The minimum absolute atomic E-state index is 0.0623. The van der Waals surface area contributed by atoms with Gasteiger partial charge in [0.2, 0.25) is 0 Å². The molecule has 1 unspecified atom stereocenters. The van der Waals surface area contributed by atoms with Crippen LogP contribution in [-0.4, -0.2) is 24.4 Å². The minimum Gasteiger partial charge on any atom is -0.393 e. The number of hydrogen-bond donors (Lipinski definition) is 1. The number of unbranched alkanes of at least 4 members (excludes halogenated alkanes) is 1. The summed E-state index contributed by atoms with van der Waals surface area (Å²) in [6.07, 6.45) is 8.26. The molecule has 1 aliphatic rings. The van der Waals surface area contributed by atoms with Gasteiger partial charge in [-0.2, -0.15) is 0 Å². The third kappa shape index (κ3) is 3.58. The number of aliphatic hydroxyl groups is 1. The van der Waals surface area contributed by atoms with Gasteiger partial charge in [-0.25, -0.2) is 0 Å². The molecule has 0 amide bonds. The highest BCUT2D eigenvalue weighted by Gasteiger charge is 2.25. The van der Waals surface area contributed by atoms with E-state index in [1.165, 1.54) is 6.42 Å². The highest BCUT2D eigenvalue weighted by atomic mass is 16.5. The van der Waals surface area contributed by atoms with E-state index in [9.17, 15) is 5.11 Å².